The van der Waals surface area contributed by atoms with Gasteiger partial charge >= 0.3 is 5.97 Å². The molecule has 0 bridgehead atoms. The number of carboxylic acids is 1. The van der Waals surface area contributed by atoms with Crippen LogP contribution in [0, 0.1) is 0 Å². The number of hydrogen-bond acceptors (Lipinski definition) is 4. The predicted molar refractivity (Wildman–Crippen MR) is 73.0 cm³/mol. The van der Waals surface area contributed by atoms with Gasteiger partial charge in [-0.25, -0.2) is 17.9 Å². The van der Waals surface area contributed by atoms with Gasteiger partial charge in [-0.3, -0.25) is 0 Å². The molecule has 7 heteroatoms. The quantitative estimate of drug-likeness (QED) is 0.845. The number of ether oxygens (including phenoxy) is 1. The van der Waals surface area contributed by atoms with Crippen molar-refractivity contribution in [3.8, 4) is 0 Å². The Hall–Kier alpha value is -1.44. The van der Waals surface area contributed by atoms with Gasteiger partial charge in [0.2, 0.25) is 10.0 Å². The minimum absolute atomic E-state index is 0.166. The summed E-state index contributed by atoms with van der Waals surface area (Å²) < 4.78 is 31.9. The topological polar surface area (TPSA) is 92.7 Å². The first-order valence-electron chi connectivity index (χ1n) is 6.37. The van der Waals surface area contributed by atoms with Gasteiger partial charge in [-0.1, -0.05) is 12.1 Å². The summed E-state index contributed by atoms with van der Waals surface area (Å²) in [6, 6.07) is 6.13. The van der Waals surface area contributed by atoms with E-state index < -0.39 is 21.2 Å². The van der Waals surface area contributed by atoms with Crippen LogP contribution in [0.25, 0.3) is 0 Å². The molecule has 0 aliphatic carbocycles. The number of carboxylic acid groups (broad SMARTS) is 1. The summed E-state index contributed by atoms with van der Waals surface area (Å²) in [5, 5.41) is 8.37. The Balaban J connectivity index is 1.95. The van der Waals surface area contributed by atoms with Gasteiger partial charge in [-0.15, -0.1) is 0 Å². The number of rotatable bonds is 5. The highest BCUT2D eigenvalue weighted by molar-refractivity contribution is 7.90. The monoisotopic (exact) mass is 299 g/mol. The van der Waals surface area contributed by atoms with Crippen molar-refractivity contribution in [1.82, 2.24) is 4.72 Å². The van der Waals surface area contributed by atoms with Crippen LogP contribution in [0.2, 0.25) is 0 Å². The van der Waals surface area contributed by atoms with Crippen molar-refractivity contribution in [3.05, 3.63) is 35.4 Å². The number of benzene rings is 1. The van der Waals surface area contributed by atoms with Crippen LogP contribution in [0.3, 0.4) is 0 Å². The summed E-state index contributed by atoms with van der Waals surface area (Å²) >= 11 is 0. The largest absolute Gasteiger partial charge is 0.478 e. The Morgan fingerprint density at radius 1 is 1.25 bits per heavy atom. The van der Waals surface area contributed by atoms with Crippen molar-refractivity contribution in [1.29, 1.82) is 0 Å². The average Bonchev–Trinajstić information content (AvgIpc) is 2.46. The summed E-state index contributed by atoms with van der Waals surface area (Å²) in [6.07, 6.45) is 1.01. The summed E-state index contributed by atoms with van der Waals surface area (Å²) in [4.78, 5) is 10.7. The van der Waals surface area contributed by atoms with Gasteiger partial charge in [0, 0.05) is 19.8 Å². The van der Waals surface area contributed by atoms with E-state index in [2.05, 4.69) is 4.72 Å². The van der Waals surface area contributed by atoms with E-state index in [1.54, 1.807) is 12.1 Å². The van der Waals surface area contributed by atoms with E-state index in [4.69, 9.17) is 9.84 Å². The van der Waals surface area contributed by atoms with E-state index in [1.807, 2.05) is 0 Å². The molecule has 2 rings (SSSR count). The molecule has 0 radical (unpaired) electrons. The second kappa shape index (κ2) is 6.34. The Bertz CT molecular complexity index is 561. The maximum atomic E-state index is 12.1. The Labute approximate surface area is 117 Å². The number of aromatic carboxylic acids is 1. The highest BCUT2D eigenvalue weighted by Gasteiger charge is 2.27. The van der Waals surface area contributed by atoms with Crippen LogP contribution in [-0.4, -0.2) is 38.0 Å². The molecular weight excluding hydrogens is 282 g/mol. The van der Waals surface area contributed by atoms with E-state index in [-0.39, 0.29) is 12.1 Å². The molecule has 6 nitrogen and oxygen atoms in total. The SMILES string of the molecule is O=C(O)c1ccc(CNS(=O)(=O)C2CCOCC2)cc1. The number of carbonyl (C=O) groups is 1. The standard InChI is InChI=1S/C13H17NO5S/c15-13(16)11-3-1-10(2-4-11)9-14-20(17,18)12-5-7-19-8-6-12/h1-4,12,14H,5-9H2,(H,15,16). The Morgan fingerprint density at radius 3 is 2.40 bits per heavy atom. The first-order valence-corrected chi connectivity index (χ1v) is 7.92. The molecule has 0 atom stereocenters. The molecule has 0 amide bonds. The summed E-state index contributed by atoms with van der Waals surface area (Å²) in [5.74, 6) is -1.00. The molecule has 2 N–H and O–H groups in total. The molecule has 1 heterocycles. The van der Waals surface area contributed by atoms with Gasteiger partial charge in [0.1, 0.15) is 0 Å². The van der Waals surface area contributed by atoms with Gasteiger partial charge in [0.25, 0.3) is 0 Å². The highest BCUT2D eigenvalue weighted by atomic mass is 32.2. The van der Waals surface area contributed by atoms with E-state index >= 15 is 0 Å². The van der Waals surface area contributed by atoms with Gasteiger partial charge in [0.05, 0.1) is 10.8 Å². The molecule has 0 aromatic heterocycles. The second-order valence-corrected chi connectivity index (χ2v) is 6.73. The molecule has 1 aliphatic rings. The zero-order chi connectivity index (χ0) is 14.6. The molecule has 20 heavy (non-hydrogen) atoms. The van der Waals surface area contributed by atoms with Gasteiger partial charge < -0.3 is 9.84 Å². The second-order valence-electron chi connectivity index (χ2n) is 4.68. The number of sulfonamides is 1. The van der Waals surface area contributed by atoms with Crippen molar-refractivity contribution in [2.75, 3.05) is 13.2 Å². The van der Waals surface area contributed by atoms with E-state index in [0.29, 0.717) is 26.1 Å². The maximum absolute atomic E-state index is 12.1. The zero-order valence-corrected chi connectivity index (χ0v) is 11.7. The van der Waals surface area contributed by atoms with Crippen LogP contribution in [-0.2, 0) is 21.3 Å². The van der Waals surface area contributed by atoms with E-state index in [9.17, 15) is 13.2 Å². The summed E-state index contributed by atoms with van der Waals surface area (Å²) in [6.45, 7) is 1.11. The Morgan fingerprint density at radius 2 is 1.85 bits per heavy atom. The lowest BCUT2D eigenvalue weighted by molar-refractivity contribution is 0.0697. The molecule has 1 saturated heterocycles. The molecule has 110 valence electrons. The molecular formula is C13H17NO5S. The van der Waals surface area contributed by atoms with Gasteiger partial charge in [0.15, 0.2) is 0 Å². The van der Waals surface area contributed by atoms with Crippen molar-refractivity contribution >= 4 is 16.0 Å². The van der Waals surface area contributed by atoms with E-state index in [1.165, 1.54) is 12.1 Å². The smallest absolute Gasteiger partial charge is 0.335 e. The minimum Gasteiger partial charge on any atom is -0.478 e. The molecule has 0 spiro atoms. The van der Waals surface area contributed by atoms with E-state index in [0.717, 1.165) is 5.56 Å². The normalized spacial score (nSPS) is 17.0. The van der Waals surface area contributed by atoms with Crippen LogP contribution in [0.15, 0.2) is 24.3 Å². The van der Waals surface area contributed by atoms with Crippen molar-refractivity contribution in [2.24, 2.45) is 0 Å². The first kappa shape index (κ1) is 15.0. The average molecular weight is 299 g/mol. The minimum atomic E-state index is -3.35. The van der Waals surface area contributed by atoms with Gasteiger partial charge in [-0.2, -0.15) is 0 Å². The third-order valence-electron chi connectivity index (χ3n) is 3.29. The first-order chi connectivity index (χ1) is 9.49. The molecule has 0 unspecified atom stereocenters. The summed E-state index contributed by atoms with van der Waals surface area (Å²) in [5.41, 5.74) is 0.909. The molecule has 1 aliphatic heterocycles. The molecule has 1 fully saturated rings. The molecule has 1 aromatic carbocycles. The van der Waals surface area contributed by atoms with Crippen LogP contribution in [0.5, 0.6) is 0 Å². The number of hydrogen-bond donors (Lipinski definition) is 2. The fraction of sp³-hybridized carbons (Fsp3) is 0.462. The summed E-state index contributed by atoms with van der Waals surface area (Å²) in [7, 11) is -3.35. The van der Waals surface area contributed by atoms with Crippen LogP contribution in [0.4, 0.5) is 0 Å². The van der Waals surface area contributed by atoms with Crippen LogP contribution >= 0.6 is 0 Å². The highest BCUT2D eigenvalue weighted by Crippen LogP contribution is 2.15. The Kier molecular flexibility index (Phi) is 4.74. The third kappa shape index (κ3) is 3.78. The van der Waals surface area contributed by atoms with Crippen molar-refractivity contribution < 1.29 is 23.1 Å². The fourth-order valence-corrected chi connectivity index (χ4v) is 3.47. The van der Waals surface area contributed by atoms with Crippen molar-refractivity contribution in [3.63, 3.8) is 0 Å². The lowest BCUT2D eigenvalue weighted by Gasteiger charge is -2.22. The third-order valence-corrected chi connectivity index (χ3v) is 5.18. The molecule has 0 saturated carbocycles. The number of nitrogens with one attached hydrogen (secondary N) is 1. The lowest BCUT2D eigenvalue weighted by atomic mass is 10.1. The lowest BCUT2D eigenvalue weighted by Crippen LogP contribution is -2.37. The zero-order valence-electron chi connectivity index (χ0n) is 10.9. The predicted octanol–water partition coefficient (Wildman–Crippen LogP) is 0.983. The maximum Gasteiger partial charge on any atom is 0.335 e. The molecule has 1 aromatic rings. The fourth-order valence-electron chi connectivity index (χ4n) is 2.05. The van der Waals surface area contributed by atoms with Crippen LogP contribution < -0.4 is 4.72 Å². The van der Waals surface area contributed by atoms with Gasteiger partial charge in [-0.05, 0) is 30.5 Å². The van der Waals surface area contributed by atoms with Crippen LogP contribution in [0.1, 0.15) is 28.8 Å². The van der Waals surface area contributed by atoms with Crippen molar-refractivity contribution in [2.45, 2.75) is 24.6 Å².